The van der Waals surface area contributed by atoms with Crippen molar-refractivity contribution >= 4 is 17.7 Å². The van der Waals surface area contributed by atoms with Crippen LogP contribution in [0.2, 0.25) is 0 Å². The van der Waals surface area contributed by atoms with E-state index in [1.54, 1.807) is 13.8 Å². The molecule has 0 atom stereocenters. The summed E-state index contributed by atoms with van der Waals surface area (Å²) in [5.74, 6) is -0.386. The lowest BCUT2D eigenvalue weighted by Crippen LogP contribution is -2.11. The molecule has 0 amide bonds. The van der Waals surface area contributed by atoms with Gasteiger partial charge in [0.05, 0.1) is 11.0 Å². The number of thioether (sulfide) groups is 1. The normalized spacial score (nSPS) is 10.0. The van der Waals surface area contributed by atoms with Gasteiger partial charge in [0, 0.05) is 0 Å². The van der Waals surface area contributed by atoms with Gasteiger partial charge in [0.25, 0.3) is 0 Å². The van der Waals surface area contributed by atoms with Gasteiger partial charge in [-0.3, -0.25) is 0 Å². The number of nitrogens with two attached hydrogens (primary N) is 1. The molecule has 80 valence electrons. The summed E-state index contributed by atoms with van der Waals surface area (Å²) < 4.78 is 4.96. The molecule has 0 aliphatic heterocycles. The Kier molecular flexibility index (Phi) is 6.32. The Balaban J connectivity index is 3.96. The lowest BCUT2D eigenvalue weighted by Gasteiger charge is -2.10. The molecule has 0 aliphatic rings. The summed E-state index contributed by atoms with van der Waals surface area (Å²) in [5, 5.41) is 0. The lowest BCUT2D eigenvalue weighted by atomic mass is 10.4. The molecule has 0 rings (SSSR count). The van der Waals surface area contributed by atoms with Crippen LogP contribution in [0, 0.1) is 0 Å². The number of hydrogen-bond acceptors (Lipinski definition) is 4. The van der Waals surface area contributed by atoms with Crippen molar-refractivity contribution in [1.82, 2.24) is 0 Å². The van der Waals surface area contributed by atoms with Crippen molar-refractivity contribution in [2.45, 2.75) is 26.4 Å². The fourth-order valence-corrected chi connectivity index (χ4v) is 1.41. The van der Waals surface area contributed by atoms with E-state index in [1.807, 2.05) is 0 Å². The second-order valence-electron chi connectivity index (χ2n) is 3.06. The molecular weight excluding hydrogens is 198 g/mol. The van der Waals surface area contributed by atoms with Crippen LogP contribution in [-0.4, -0.2) is 18.6 Å². The molecule has 0 aromatic rings. The van der Waals surface area contributed by atoms with Crippen molar-refractivity contribution in [3.8, 4) is 0 Å². The highest BCUT2D eigenvalue weighted by Crippen LogP contribution is 2.25. The van der Waals surface area contributed by atoms with Gasteiger partial charge in [0.1, 0.15) is 0 Å². The minimum atomic E-state index is -0.386. The zero-order valence-corrected chi connectivity index (χ0v) is 9.52. The van der Waals surface area contributed by atoms with Gasteiger partial charge in [-0.2, -0.15) is 0 Å². The van der Waals surface area contributed by atoms with Crippen LogP contribution in [0.25, 0.3) is 0 Å². The Morgan fingerprint density at radius 3 is 2.50 bits per heavy atom. The van der Waals surface area contributed by atoms with Crippen LogP contribution in [0.4, 0.5) is 0 Å². The minimum absolute atomic E-state index is 0.123. The Bertz CT molecular complexity index is 236. The van der Waals surface area contributed by atoms with Gasteiger partial charge in [-0.25, -0.2) is 4.79 Å². The van der Waals surface area contributed by atoms with Gasteiger partial charge >= 0.3 is 5.97 Å². The van der Waals surface area contributed by atoms with Crippen molar-refractivity contribution in [2.75, 3.05) is 6.54 Å². The summed E-state index contributed by atoms with van der Waals surface area (Å²) in [6.45, 7) is 11.5. The molecule has 0 aliphatic carbocycles. The predicted molar refractivity (Wildman–Crippen MR) is 60.8 cm³/mol. The van der Waals surface area contributed by atoms with Crippen LogP contribution in [0.3, 0.4) is 0 Å². The Hall–Kier alpha value is -0.740. The van der Waals surface area contributed by atoms with Crippen molar-refractivity contribution in [3.05, 3.63) is 23.0 Å². The molecule has 14 heavy (non-hydrogen) atoms. The first-order valence-electron chi connectivity index (χ1n) is 4.43. The largest absolute Gasteiger partial charge is 0.459 e. The van der Waals surface area contributed by atoms with E-state index in [1.165, 1.54) is 11.8 Å². The standard InChI is InChI=1S/C10H17NO2S/c1-7(2)13-10(12)9(4)14-8(3)5-6-11/h7H,3-6,11H2,1-2H3. The fourth-order valence-electron chi connectivity index (χ4n) is 0.708. The van der Waals surface area contributed by atoms with Crippen LogP contribution < -0.4 is 5.73 Å². The van der Waals surface area contributed by atoms with Crippen molar-refractivity contribution in [1.29, 1.82) is 0 Å². The Labute approximate surface area is 89.4 Å². The van der Waals surface area contributed by atoms with E-state index in [9.17, 15) is 4.79 Å². The zero-order valence-electron chi connectivity index (χ0n) is 8.71. The van der Waals surface area contributed by atoms with Gasteiger partial charge in [0.15, 0.2) is 0 Å². The number of esters is 1. The molecule has 0 aromatic heterocycles. The third-order valence-corrected chi connectivity index (χ3v) is 2.17. The summed E-state index contributed by atoms with van der Waals surface area (Å²) >= 11 is 1.23. The number of rotatable bonds is 6. The molecule has 0 fully saturated rings. The van der Waals surface area contributed by atoms with E-state index in [-0.39, 0.29) is 12.1 Å². The van der Waals surface area contributed by atoms with Gasteiger partial charge in [-0.1, -0.05) is 24.9 Å². The van der Waals surface area contributed by atoms with Gasteiger partial charge in [-0.05, 0) is 31.7 Å². The molecular formula is C10H17NO2S. The van der Waals surface area contributed by atoms with Crippen molar-refractivity contribution in [2.24, 2.45) is 5.73 Å². The second-order valence-corrected chi connectivity index (χ2v) is 4.33. The fraction of sp³-hybridized carbons (Fsp3) is 0.500. The van der Waals surface area contributed by atoms with Crippen LogP contribution in [0.5, 0.6) is 0 Å². The predicted octanol–water partition coefficient (Wildman–Crippen LogP) is 2.05. The van der Waals surface area contributed by atoms with Crippen molar-refractivity contribution < 1.29 is 9.53 Å². The number of hydrogen-bond donors (Lipinski definition) is 1. The first kappa shape index (κ1) is 13.3. The van der Waals surface area contributed by atoms with E-state index in [0.29, 0.717) is 17.9 Å². The molecule has 0 unspecified atom stereocenters. The van der Waals surface area contributed by atoms with E-state index >= 15 is 0 Å². The Morgan fingerprint density at radius 2 is 2.07 bits per heavy atom. The molecule has 0 radical (unpaired) electrons. The Morgan fingerprint density at radius 1 is 1.50 bits per heavy atom. The lowest BCUT2D eigenvalue weighted by molar-refractivity contribution is -0.141. The zero-order chi connectivity index (χ0) is 11.1. The van der Waals surface area contributed by atoms with Gasteiger partial charge in [0.2, 0.25) is 0 Å². The van der Waals surface area contributed by atoms with E-state index in [4.69, 9.17) is 10.5 Å². The summed E-state index contributed by atoms with van der Waals surface area (Å²) in [6, 6.07) is 0. The van der Waals surface area contributed by atoms with Gasteiger partial charge < -0.3 is 10.5 Å². The summed E-state index contributed by atoms with van der Waals surface area (Å²) in [5.41, 5.74) is 5.34. The average molecular weight is 215 g/mol. The summed E-state index contributed by atoms with van der Waals surface area (Å²) in [6.07, 6.45) is 0.557. The molecule has 3 nitrogen and oxygen atoms in total. The first-order valence-corrected chi connectivity index (χ1v) is 5.24. The maximum atomic E-state index is 11.3. The van der Waals surface area contributed by atoms with Crippen LogP contribution in [0.1, 0.15) is 20.3 Å². The SMILES string of the molecule is C=C(CCN)SC(=C)C(=O)OC(C)C. The average Bonchev–Trinajstić information content (AvgIpc) is 2.02. The van der Waals surface area contributed by atoms with E-state index in [0.717, 1.165) is 4.91 Å². The van der Waals surface area contributed by atoms with Crippen molar-refractivity contribution in [3.63, 3.8) is 0 Å². The molecule has 4 heteroatoms. The number of carbonyl (C=O) groups excluding carboxylic acids is 1. The van der Waals surface area contributed by atoms with Crippen LogP contribution in [0.15, 0.2) is 23.0 Å². The van der Waals surface area contributed by atoms with Crippen LogP contribution in [-0.2, 0) is 9.53 Å². The second kappa shape index (κ2) is 6.68. The maximum absolute atomic E-state index is 11.3. The minimum Gasteiger partial charge on any atom is -0.459 e. The number of carbonyl (C=O) groups is 1. The van der Waals surface area contributed by atoms with Crippen LogP contribution >= 0.6 is 11.8 Å². The highest BCUT2D eigenvalue weighted by atomic mass is 32.2. The molecule has 0 heterocycles. The summed E-state index contributed by atoms with van der Waals surface area (Å²) in [4.78, 5) is 12.5. The third kappa shape index (κ3) is 5.83. The molecule has 2 N–H and O–H groups in total. The quantitative estimate of drug-likeness (QED) is 0.544. The molecule has 0 bridgehead atoms. The van der Waals surface area contributed by atoms with Gasteiger partial charge in [-0.15, -0.1) is 0 Å². The molecule has 0 saturated heterocycles. The molecule has 0 aromatic carbocycles. The molecule has 0 saturated carbocycles. The van der Waals surface area contributed by atoms with E-state index < -0.39 is 0 Å². The topological polar surface area (TPSA) is 52.3 Å². The highest BCUT2D eigenvalue weighted by Gasteiger charge is 2.11. The number of ether oxygens (including phenoxy) is 1. The smallest absolute Gasteiger partial charge is 0.344 e. The summed E-state index contributed by atoms with van der Waals surface area (Å²) in [7, 11) is 0. The first-order chi connectivity index (χ1) is 6.47. The highest BCUT2D eigenvalue weighted by molar-refractivity contribution is 8.07. The van der Waals surface area contributed by atoms with E-state index in [2.05, 4.69) is 13.2 Å². The molecule has 0 spiro atoms. The monoisotopic (exact) mass is 215 g/mol. The maximum Gasteiger partial charge on any atom is 0.344 e. The third-order valence-electron chi connectivity index (χ3n) is 1.26.